The third-order valence-electron chi connectivity index (χ3n) is 4.50. The molecule has 6 heteroatoms. The van der Waals surface area contributed by atoms with E-state index in [2.05, 4.69) is 22.5 Å². The summed E-state index contributed by atoms with van der Waals surface area (Å²) in [4.78, 5) is 35.8. The van der Waals surface area contributed by atoms with Crippen LogP contribution in [0.25, 0.3) is 5.57 Å². The Bertz CT molecular complexity index is 976. The lowest BCUT2D eigenvalue weighted by molar-refractivity contribution is 0.0879. The maximum atomic E-state index is 12.5. The fourth-order valence-corrected chi connectivity index (χ4v) is 2.94. The maximum absolute atomic E-state index is 12.5. The van der Waals surface area contributed by atoms with Crippen molar-refractivity contribution >= 4 is 29.1 Å². The van der Waals surface area contributed by atoms with Gasteiger partial charge in [-0.1, -0.05) is 30.4 Å². The van der Waals surface area contributed by atoms with Gasteiger partial charge in [0.1, 0.15) is 0 Å². The number of imide groups is 1. The van der Waals surface area contributed by atoms with Crippen molar-refractivity contribution in [2.45, 2.75) is 26.3 Å². The van der Waals surface area contributed by atoms with Crippen LogP contribution in [0.1, 0.15) is 52.6 Å². The summed E-state index contributed by atoms with van der Waals surface area (Å²) in [6, 6.07) is 12.0. The molecule has 0 bridgehead atoms. The van der Waals surface area contributed by atoms with Crippen molar-refractivity contribution in [2.75, 3.05) is 5.32 Å². The molecule has 2 aromatic carbocycles. The highest BCUT2D eigenvalue weighted by Crippen LogP contribution is 2.24. The van der Waals surface area contributed by atoms with E-state index in [1.807, 2.05) is 45.0 Å². The van der Waals surface area contributed by atoms with E-state index in [9.17, 15) is 14.4 Å². The number of anilines is 1. The Labute approximate surface area is 157 Å². The van der Waals surface area contributed by atoms with Crippen LogP contribution < -0.4 is 16.0 Å². The van der Waals surface area contributed by atoms with Gasteiger partial charge in [-0.15, -0.1) is 0 Å². The van der Waals surface area contributed by atoms with Crippen LogP contribution in [-0.2, 0) is 5.54 Å². The second-order valence-corrected chi connectivity index (χ2v) is 7.11. The number of hydrogen-bond donors (Lipinski definition) is 3. The Balaban J connectivity index is 1.75. The normalized spacial score (nSPS) is 13.0. The molecule has 4 amide bonds. The average Bonchev–Trinajstić information content (AvgIpc) is 2.88. The third-order valence-corrected chi connectivity index (χ3v) is 4.50. The van der Waals surface area contributed by atoms with E-state index in [4.69, 9.17) is 0 Å². The fourth-order valence-electron chi connectivity index (χ4n) is 2.94. The van der Waals surface area contributed by atoms with Gasteiger partial charge in [0, 0.05) is 5.69 Å². The largest absolute Gasteiger partial charge is 0.329 e. The van der Waals surface area contributed by atoms with E-state index >= 15 is 0 Å². The summed E-state index contributed by atoms with van der Waals surface area (Å²) in [6.45, 7) is 9.68. The van der Waals surface area contributed by atoms with Gasteiger partial charge in [0.25, 0.3) is 11.8 Å². The van der Waals surface area contributed by atoms with Crippen LogP contribution in [-0.4, -0.2) is 17.8 Å². The minimum atomic E-state index is -0.625. The van der Waals surface area contributed by atoms with Crippen molar-refractivity contribution in [3.05, 3.63) is 71.3 Å². The summed E-state index contributed by atoms with van der Waals surface area (Å²) in [5, 5.41) is 7.86. The molecule has 3 N–H and O–H groups in total. The minimum Gasteiger partial charge on any atom is -0.329 e. The third kappa shape index (κ3) is 3.74. The maximum Gasteiger partial charge on any atom is 0.319 e. The second kappa shape index (κ2) is 6.72. The molecule has 0 radical (unpaired) electrons. The Hall–Kier alpha value is -3.41. The minimum absolute atomic E-state index is 0.256. The van der Waals surface area contributed by atoms with Crippen LogP contribution >= 0.6 is 0 Å². The molecule has 0 spiro atoms. The van der Waals surface area contributed by atoms with Crippen molar-refractivity contribution in [1.82, 2.24) is 10.6 Å². The van der Waals surface area contributed by atoms with E-state index in [1.54, 1.807) is 6.07 Å². The quantitative estimate of drug-likeness (QED) is 0.725. The van der Waals surface area contributed by atoms with Crippen molar-refractivity contribution in [1.29, 1.82) is 0 Å². The van der Waals surface area contributed by atoms with Gasteiger partial charge in [0.15, 0.2) is 0 Å². The van der Waals surface area contributed by atoms with Crippen molar-refractivity contribution in [2.24, 2.45) is 0 Å². The van der Waals surface area contributed by atoms with Crippen molar-refractivity contribution in [3.8, 4) is 0 Å². The first-order valence-electron chi connectivity index (χ1n) is 8.53. The molecule has 0 aliphatic carbocycles. The highest BCUT2D eigenvalue weighted by Gasteiger charge is 2.27. The van der Waals surface area contributed by atoms with Gasteiger partial charge in [0.2, 0.25) is 0 Å². The first kappa shape index (κ1) is 18.4. The standard InChI is InChI=1S/C21H21N3O3/c1-12(2)13-6-5-7-14(10-13)21(3,4)24-20(27)22-15-8-9-16-17(11-15)19(26)23-18(16)25/h5-11H,1H2,2-4H3,(H2,22,24,27)(H,23,25,26). The SMILES string of the molecule is C=C(C)c1cccc(C(C)(C)NC(=O)Nc2ccc3c(c2)C(=O)NC3=O)c1. The van der Waals surface area contributed by atoms with E-state index in [-0.39, 0.29) is 5.56 Å². The highest BCUT2D eigenvalue weighted by atomic mass is 16.2. The molecule has 27 heavy (non-hydrogen) atoms. The van der Waals surface area contributed by atoms with Crippen molar-refractivity contribution in [3.63, 3.8) is 0 Å². The topological polar surface area (TPSA) is 87.3 Å². The molecular weight excluding hydrogens is 342 g/mol. The summed E-state index contributed by atoms with van der Waals surface area (Å²) in [6.07, 6.45) is 0. The number of fused-ring (bicyclic) bond motifs is 1. The number of amides is 4. The summed E-state index contributed by atoms with van der Waals surface area (Å²) in [5.41, 5.74) is 3.27. The molecule has 1 heterocycles. The zero-order valence-electron chi connectivity index (χ0n) is 15.5. The predicted molar refractivity (Wildman–Crippen MR) is 105 cm³/mol. The lowest BCUT2D eigenvalue weighted by atomic mass is 9.92. The molecule has 0 saturated carbocycles. The van der Waals surface area contributed by atoms with E-state index in [0.29, 0.717) is 11.3 Å². The molecular formula is C21H21N3O3. The predicted octanol–water partition coefficient (Wildman–Crippen LogP) is 3.66. The Morgan fingerprint density at radius 1 is 1.04 bits per heavy atom. The number of carbonyl (C=O) groups excluding carboxylic acids is 3. The van der Waals surface area contributed by atoms with Gasteiger partial charge in [-0.25, -0.2) is 4.79 Å². The van der Waals surface area contributed by atoms with Gasteiger partial charge in [-0.05, 0) is 56.2 Å². The molecule has 1 aliphatic rings. The summed E-state index contributed by atoms with van der Waals surface area (Å²) in [7, 11) is 0. The number of nitrogens with one attached hydrogen (secondary N) is 3. The highest BCUT2D eigenvalue weighted by molar-refractivity contribution is 6.22. The summed E-state index contributed by atoms with van der Waals surface area (Å²) >= 11 is 0. The average molecular weight is 363 g/mol. The summed E-state index contributed by atoms with van der Waals surface area (Å²) in [5.74, 6) is -0.888. The molecule has 138 valence electrons. The Morgan fingerprint density at radius 3 is 2.44 bits per heavy atom. The molecule has 0 saturated heterocycles. The first-order chi connectivity index (χ1) is 12.7. The fraction of sp³-hybridized carbons (Fsp3) is 0.190. The molecule has 0 atom stereocenters. The van der Waals surface area contributed by atoms with Crippen LogP contribution in [0.3, 0.4) is 0 Å². The zero-order valence-corrected chi connectivity index (χ0v) is 15.5. The molecule has 1 aliphatic heterocycles. The van der Waals surface area contributed by atoms with Gasteiger partial charge < -0.3 is 10.6 Å². The number of benzene rings is 2. The number of hydrogen-bond acceptors (Lipinski definition) is 3. The Kier molecular flexibility index (Phi) is 4.57. The smallest absolute Gasteiger partial charge is 0.319 e. The number of rotatable bonds is 4. The molecule has 0 aromatic heterocycles. The van der Waals surface area contributed by atoms with Crippen LogP contribution in [0.15, 0.2) is 49.0 Å². The molecule has 3 rings (SSSR count). The monoisotopic (exact) mass is 363 g/mol. The molecule has 2 aromatic rings. The van der Waals surface area contributed by atoms with Gasteiger partial charge in [-0.3, -0.25) is 14.9 Å². The number of urea groups is 1. The van der Waals surface area contributed by atoms with Crippen molar-refractivity contribution < 1.29 is 14.4 Å². The molecule has 6 nitrogen and oxygen atoms in total. The van der Waals surface area contributed by atoms with Gasteiger partial charge >= 0.3 is 6.03 Å². The second-order valence-electron chi connectivity index (χ2n) is 7.11. The van der Waals surface area contributed by atoms with E-state index in [1.165, 1.54) is 12.1 Å². The van der Waals surface area contributed by atoms with Crippen LogP contribution in [0.5, 0.6) is 0 Å². The summed E-state index contributed by atoms with van der Waals surface area (Å²) < 4.78 is 0. The lowest BCUT2D eigenvalue weighted by Gasteiger charge is -2.27. The number of carbonyl (C=O) groups is 3. The van der Waals surface area contributed by atoms with E-state index in [0.717, 1.165) is 16.7 Å². The Morgan fingerprint density at radius 2 is 1.74 bits per heavy atom. The number of allylic oxidation sites excluding steroid dienone is 1. The molecule has 0 fully saturated rings. The zero-order chi connectivity index (χ0) is 19.8. The van der Waals surface area contributed by atoms with Gasteiger partial charge in [0.05, 0.1) is 16.7 Å². The van der Waals surface area contributed by atoms with E-state index < -0.39 is 23.4 Å². The van der Waals surface area contributed by atoms with Crippen LogP contribution in [0, 0.1) is 0 Å². The first-order valence-corrected chi connectivity index (χ1v) is 8.53. The lowest BCUT2D eigenvalue weighted by Crippen LogP contribution is -2.43. The van der Waals surface area contributed by atoms with Crippen LogP contribution in [0.4, 0.5) is 10.5 Å². The van der Waals surface area contributed by atoms with Crippen LogP contribution in [0.2, 0.25) is 0 Å². The van der Waals surface area contributed by atoms with Gasteiger partial charge in [-0.2, -0.15) is 0 Å². The molecule has 0 unspecified atom stereocenters.